The molecular formula is C16H19O2P. The van der Waals surface area contributed by atoms with E-state index in [2.05, 4.69) is 0 Å². The first kappa shape index (κ1) is 14.0. The van der Waals surface area contributed by atoms with E-state index < -0.39 is 7.37 Å². The van der Waals surface area contributed by atoms with Gasteiger partial charge in [-0.2, -0.15) is 0 Å². The Kier molecular flexibility index (Phi) is 4.95. The van der Waals surface area contributed by atoms with Gasteiger partial charge in [-0.05, 0) is 18.1 Å². The summed E-state index contributed by atoms with van der Waals surface area (Å²) in [4.78, 5) is 0. The van der Waals surface area contributed by atoms with Crippen LogP contribution >= 0.6 is 7.37 Å². The van der Waals surface area contributed by atoms with E-state index in [1.165, 1.54) is 0 Å². The molecule has 2 aromatic rings. The van der Waals surface area contributed by atoms with Gasteiger partial charge in [0.15, 0.2) is 0 Å². The van der Waals surface area contributed by atoms with Gasteiger partial charge in [-0.15, -0.1) is 0 Å². The van der Waals surface area contributed by atoms with Crippen molar-refractivity contribution in [1.82, 2.24) is 0 Å². The monoisotopic (exact) mass is 274 g/mol. The van der Waals surface area contributed by atoms with Crippen molar-refractivity contribution in [1.29, 1.82) is 0 Å². The molecule has 0 spiro atoms. The second kappa shape index (κ2) is 6.70. The fourth-order valence-electron chi connectivity index (χ4n) is 2.11. The fraction of sp³-hybridized carbons (Fsp3) is 0.250. The predicted molar refractivity (Wildman–Crippen MR) is 79.5 cm³/mol. The largest absolute Gasteiger partial charge is 0.328 e. The Labute approximate surface area is 114 Å². The van der Waals surface area contributed by atoms with Crippen LogP contribution in [0.4, 0.5) is 0 Å². The van der Waals surface area contributed by atoms with Crippen molar-refractivity contribution in [2.45, 2.75) is 19.2 Å². The third-order valence-corrected chi connectivity index (χ3v) is 5.32. The fourth-order valence-corrected chi connectivity index (χ4v) is 4.40. The molecule has 0 saturated heterocycles. The van der Waals surface area contributed by atoms with Gasteiger partial charge in [0.2, 0.25) is 7.37 Å². The van der Waals surface area contributed by atoms with Crippen LogP contribution in [0.15, 0.2) is 60.7 Å². The van der Waals surface area contributed by atoms with Crippen LogP contribution in [0.5, 0.6) is 0 Å². The molecule has 0 aliphatic rings. The van der Waals surface area contributed by atoms with Crippen LogP contribution in [-0.2, 0) is 21.4 Å². The molecular weight excluding hydrogens is 255 g/mol. The Morgan fingerprint density at radius 1 is 0.842 bits per heavy atom. The van der Waals surface area contributed by atoms with Crippen molar-refractivity contribution in [2.24, 2.45) is 0 Å². The standard InChI is InChI=1S/C16H19O2P/c1-2-18-19(17,13-15-9-5-3-6-10-15)14-16-11-7-4-8-12-16/h3-12H,2,13-14H2,1H3. The van der Waals surface area contributed by atoms with Gasteiger partial charge in [0.1, 0.15) is 0 Å². The van der Waals surface area contributed by atoms with E-state index in [0.29, 0.717) is 18.9 Å². The van der Waals surface area contributed by atoms with Crippen molar-refractivity contribution in [3.05, 3.63) is 71.8 Å². The van der Waals surface area contributed by atoms with Crippen LogP contribution in [0.1, 0.15) is 18.1 Å². The molecule has 0 fully saturated rings. The summed E-state index contributed by atoms with van der Waals surface area (Å²) >= 11 is 0. The Morgan fingerprint density at radius 2 is 1.26 bits per heavy atom. The summed E-state index contributed by atoms with van der Waals surface area (Å²) in [6.45, 7) is 2.37. The van der Waals surface area contributed by atoms with Gasteiger partial charge in [-0.1, -0.05) is 60.7 Å². The van der Waals surface area contributed by atoms with E-state index in [9.17, 15) is 4.57 Å². The van der Waals surface area contributed by atoms with Crippen molar-refractivity contribution in [3.63, 3.8) is 0 Å². The highest BCUT2D eigenvalue weighted by molar-refractivity contribution is 7.57. The molecule has 0 heterocycles. The quantitative estimate of drug-likeness (QED) is 0.713. The molecule has 2 rings (SSSR count). The molecule has 2 aromatic carbocycles. The van der Waals surface area contributed by atoms with Gasteiger partial charge in [0.25, 0.3) is 0 Å². The van der Waals surface area contributed by atoms with Crippen LogP contribution in [-0.4, -0.2) is 6.61 Å². The summed E-state index contributed by atoms with van der Waals surface area (Å²) in [5.41, 5.74) is 2.13. The molecule has 19 heavy (non-hydrogen) atoms. The molecule has 0 unspecified atom stereocenters. The first-order chi connectivity index (χ1) is 9.22. The Morgan fingerprint density at radius 3 is 1.63 bits per heavy atom. The summed E-state index contributed by atoms with van der Waals surface area (Å²) in [7, 11) is -2.66. The van der Waals surface area contributed by atoms with Crippen molar-refractivity contribution in [2.75, 3.05) is 6.61 Å². The van der Waals surface area contributed by atoms with Crippen molar-refractivity contribution in [3.8, 4) is 0 Å². The molecule has 0 atom stereocenters. The smallest absolute Gasteiger partial charge is 0.211 e. The van der Waals surface area contributed by atoms with Gasteiger partial charge in [-0.25, -0.2) is 0 Å². The van der Waals surface area contributed by atoms with Gasteiger partial charge < -0.3 is 4.52 Å². The highest BCUT2D eigenvalue weighted by atomic mass is 31.2. The minimum atomic E-state index is -2.66. The lowest BCUT2D eigenvalue weighted by molar-refractivity contribution is 0.331. The Bertz CT molecular complexity index is 492. The number of rotatable bonds is 6. The predicted octanol–water partition coefficient (Wildman–Crippen LogP) is 4.70. The second-order valence-electron chi connectivity index (χ2n) is 4.52. The average molecular weight is 274 g/mol. The first-order valence-electron chi connectivity index (χ1n) is 6.52. The molecule has 0 aromatic heterocycles. The Hall–Kier alpha value is -1.37. The minimum Gasteiger partial charge on any atom is -0.328 e. The summed E-state index contributed by atoms with van der Waals surface area (Å²) in [6.07, 6.45) is 0.993. The van der Waals surface area contributed by atoms with Crippen LogP contribution < -0.4 is 0 Å². The van der Waals surface area contributed by atoms with E-state index in [-0.39, 0.29) is 0 Å². The van der Waals surface area contributed by atoms with Crippen LogP contribution in [0.2, 0.25) is 0 Å². The van der Waals surface area contributed by atoms with Gasteiger partial charge in [0, 0.05) is 0 Å². The van der Waals surface area contributed by atoms with E-state index in [1.807, 2.05) is 67.6 Å². The normalized spacial score (nSPS) is 11.4. The highest BCUT2D eigenvalue weighted by Gasteiger charge is 2.23. The lowest BCUT2D eigenvalue weighted by Gasteiger charge is -2.18. The van der Waals surface area contributed by atoms with E-state index in [1.54, 1.807) is 0 Å². The molecule has 0 N–H and O–H groups in total. The summed E-state index contributed by atoms with van der Waals surface area (Å²) in [5.74, 6) is 0. The van der Waals surface area contributed by atoms with E-state index in [4.69, 9.17) is 4.52 Å². The molecule has 0 aliphatic carbocycles. The Balaban J connectivity index is 2.16. The number of hydrogen-bond acceptors (Lipinski definition) is 2. The van der Waals surface area contributed by atoms with Gasteiger partial charge >= 0.3 is 0 Å². The van der Waals surface area contributed by atoms with Crippen LogP contribution in [0.25, 0.3) is 0 Å². The topological polar surface area (TPSA) is 26.3 Å². The molecule has 0 saturated carbocycles. The van der Waals surface area contributed by atoms with Gasteiger partial charge in [0.05, 0.1) is 18.9 Å². The van der Waals surface area contributed by atoms with Crippen LogP contribution in [0, 0.1) is 0 Å². The molecule has 0 aliphatic heterocycles. The molecule has 2 nitrogen and oxygen atoms in total. The summed E-state index contributed by atoms with van der Waals surface area (Å²) in [5, 5.41) is 0. The van der Waals surface area contributed by atoms with Crippen molar-refractivity contribution < 1.29 is 9.09 Å². The minimum absolute atomic E-state index is 0.483. The zero-order valence-corrected chi connectivity index (χ0v) is 12.1. The SMILES string of the molecule is CCOP(=O)(Cc1ccccc1)Cc1ccccc1. The molecule has 0 radical (unpaired) electrons. The molecule has 3 heteroatoms. The first-order valence-corrected chi connectivity index (χ1v) is 8.52. The number of hydrogen-bond donors (Lipinski definition) is 0. The third-order valence-electron chi connectivity index (χ3n) is 2.90. The maximum atomic E-state index is 12.9. The molecule has 0 amide bonds. The molecule has 0 bridgehead atoms. The zero-order valence-electron chi connectivity index (χ0n) is 11.2. The van der Waals surface area contributed by atoms with Gasteiger partial charge in [-0.3, -0.25) is 4.57 Å². The third kappa shape index (κ3) is 4.34. The van der Waals surface area contributed by atoms with E-state index in [0.717, 1.165) is 11.1 Å². The lowest BCUT2D eigenvalue weighted by atomic mass is 10.2. The zero-order chi connectivity index (χ0) is 13.6. The maximum Gasteiger partial charge on any atom is 0.211 e. The van der Waals surface area contributed by atoms with Crippen molar-refractivity contribution >= 4 is 7.37 Å². The average Bonchev–Trinajstić information content (AvgIpc) is 2.41. The molecule has 100 valence electrons. The summed E-state index contributed by atoms with van der Waals surface area (Å²) in [6, 6.07) is 19.8. The maximum absolute atomic E-state index is 12.9. The second-order valence-corrected chi connectivity index (χ2v) is 7.04. The van der Waals surface area contributed by atoms with Crippen LogP contribution in [0.3, 0.4) is 0 Å². The van der Waals surface area contributed by atoms with E-state index >= 15 is 0 Å². The summed E-state index contributed by atoms with van der Waals surface area (Å²) < 4.78 is 18.5. The lowest BCUT2D eigenvalue weighted by Crippen LogP contribution is -1.98. The number of benzene rings is 2. The highest BCUT2D eigenvalue weighted by Crippen LogP contribution is 2.53.